The lowest BCUT2D eigenvalue weighted by Crippen LogP contribution is -2.28. The maximum absolute atomic E-state index is 13.0. The van der Waals surface area contributed by atoms with Crippen LogP contribution < -0.4 is 5.69 Å². The summed E-state index contributed by atoms with van der Waals surface area (Å²) in [5.74, 6) is 0.0883. The molecule has 1 atom stereocenters. The van der Waals surface area contributed by atoms with Gasteiger partial charge in [-0.3, -0.25) is 9.36 Å². The molecule has 1 amide bonds. The third-order valence-corrected chi connectivity index (χ3v) is 7.19. The van der Waals surface area contributed by atoms with Crippen LogP contribution >= 0.6 is 34.4 Å². The summed E-state index contributed by atoms with van der Waals surface area (Å²) in [6.45, 7) is 2.57. The minimum Gasteiger partial charge on any atom is -0.272 e. The second-order valence-corrected chi connectivity index (χ2v) is 9.12. The predicted octanol–water partition coefficient (Wildman–Crippen LogP) is 3.57. The molecule has 0 saturated carbocycles. The first-order chi connectivity index (χ1) is 13.7. The molecule has 0 saturated heterocycles. The maximum atomic E-state index is 13.0. The first-order valence-electron chi connectivity index (χ1n) is 8.92. The molecule has 0 spiro atoms. The molecule has 1 N–H and O–H groups in total. The Balaban J connectivity index is 1.53. The number of aromatic nitrogens is 3. The number of hydrazone groups is 1. The highest BCUT2D eigenvalue weighted by Crippen LogP contribution is 2.36. The lowest BCUT2D eigenvalue weighted by molar-refractivity contribution is -0.130. The number of carbonyl (C=O) groups is 1. The van der Waals surface area contributed by atoms with Crippen molar-refractivity contribution in [1.82, 2.24) is 19.8 Å². The molecule has 4 heterocycles. The first kappa shape index (κ1) is 19.2. The summed E-state index contributed by atoms with van der Waals surface area (Å²) in [7, 11) is 0. The van der Waals surface area contributed by atoms with Crippen LogP contribution in [0.15, 0.2) is 50.1 Å². The van der Waals surface area contributed by atoms with E-state index < -0.39 is 0 Å². The van der Waals surface area contributed by atoms with Crippen LogP contribution in [0.5, 0.6) is 0 Å². The van der Waals surface area contributed by atoms with E-state index in [1.807, 2.05) is 41.9 Å². The third-order valence-electron chi connectivity index (χ3n) is 4.34. The van der Waals surface area contributed by atoms with Gasteiger partial charge < -0.3 is 0 Å². The van der Waals surface area contributed by atoms with Gasteiger partial charge in [-0.2, -0.15) is 5.10 Å². The molecule has 4 rings (SSSR count). The van der Waals surface area contributed by atoms with Crippen LogP contribution in [0.3, 0.4) is 0 Å². The van der Waals surface area contributed by atoms with Crippen LogP contribution in [0.4, 0.5) is 0 Å². The molecule has 1 aliphatic heterocycles. The van der Waals surface area contributed by atoms with Crippen molar-refractivity contribution in [3.63, 3.8) is 0 Å². The number of hydrogen-bond acceptors (Lipinski definition) is 7. The number of thiophene rings is 2. The van der Waals surface area contributed by atoms with Gasteiger partial charge in [0.15, 0.2) is 5.16 Å². The van der Waals surface area contributed by atoms with E-state index in [0.717, 1.165) is 21.9 Å². The molecule has 10 heteroatoms. The van der Waals surface area contributed by atoms with Gasteiger partial charge in [-0.05, 0) is 29.3 Å². The van der Waals surface area contributed by atoms with Crippen molar-refractivity contribution in [2.24, 2.45) is 5.10 Å². The summed E-state index contributed by atoms with van der Waals surface area (Å²) < 4.78 is 1.57. The van der Waals surface area contributed by atoms with Crippen LogP contribution in [0, 0.1) is 0 Å². The number of carbonyl (C=O) groups excluding carboxylic acids is 1. The van der Waals surface area contributed by atoms with E-state index in [0.29, 0.717) is 18.1 Å². The van der Waals surface area contributed by atoms with E-state index in [9.17, 15) is 9.59 Å². The molecule has 0 radical (unpaired) electrons. The Labute approximate surface area is 174 Å². The number of nitrogens with zero attached hydrogens (tertiary/aromatic N) is 4. The Morgan fingerprint density at radius 3 is 2.86 bits per heavy atom. The second-order valence-electron chi connectivity index (χ2n) is 6.25. The average molecular weight is 434 g/mol. The normalized spacial score (nSPS) is 16.5. The Morgan fingerprint density at radius 1 is 1.32 bits per heavy atom. The van der Waals surface area contributed by atoms with Crippen molar-refractivity contribution in [3.8, 4) is 0 Å². The zero-order valence-corrected chi connectivity index (χ0v) is 17.6. The Hall–Kier alpha value is -2.17. The van der Waals surface area contributed by atoms with Gasteiger partial charge in [0.25, 0.3) is 5.91 Å². The standard InChI is InChI=1S/C18H19N5O2S3/c1-2-7-22-17(25)19-20-18(22)28-11-16(24)23-13(15-6-4-9-27-15)10-12(21-23)14-5-3-8-26-14/h3-6,8-9,13H,2,7,10-11H2,1H3,(H,19,25). The van der Waals surface area contributed by atoms with Gasteiger partial charge in [0.1, 0.15) is 0 Å². The van der Waals surface area contributed by atoms with E-state index in [-0.39, 0.29) is 23.4 Å². The second kappa shape index (κ2) is 8.46. The van der Waals surface area contributed by atoms with Crippen molar-refractivity contribution in [1.29, 1.82) is 0 Å². The zero-order valence-electron chi connectivity index (χ0n) is 15.2. The number of thioether (sulfide) groups is 1. The van der Waals surface area contributed by atoms with E-state index in [2.05, 4.69) is 15.3 Å². The largest absolute Gasteiger partial charge is 0.343 e. The van der Waals surface area contributed by atoms with Gasteiger partial charge in [0.2, 0.25) is 0 Å². The SMILES string of the molecule is CCCn1c(SCC(=O)N2N=C(c3cccs3)CC2c2cccs2)n[nH]c1=O. The Kier molecular flexibility index (Phi) is 5.79. The van der Waals surface area contributed by atoms with Crippen molar-refractivity contribution in [2.45, 2.75) is 37.5 Å². The van der Waals surface area contributed by atoms with E-state index in [4.69, 9.17) is 0 Å². The summed E-state index contributed by atoms with van der Waals surface area (Å²) in [5.41, 5.74) is 0.696. The molecule has 146 valence electrons. The molecule has 1 aliphatic rings. The number of aromatic amines is 1. The summed E-state index contributed by atoms with van der Waals surface area (Å²) in [6.07, 6.45) is 1.53. The number of rotatable bonds is 7. The molecule has 0 bridgehead atoms. The van der Waals surface area contributed by atoms with E-state index in [1.165, 1.54) is 11.8 Å². The van der Waals surface area contributed by atoms with Crippen LogP contribution in [0.25, 0.3) is 0 Å². The lowest BCUT2D eigenvalue weighted by Gasteiger charge is -2.20. The number of nitrogens with one attached hydrogen (secondary N) is 1. The van der Waals surface area contributed by atoms with Crippen LogP contribution in [0.1, 0.15) is 35.6 Å². The number of H-pyrrole nitrogens is 1. The van der Waals surface area contributed by atoms with Crippen LogP contribution in [-0.4, -0.2) is 37.1 Å². The molecule has 7 nitrogen and oxygen atoms in total. The molecule has 28 heavy (non-hydrogen) atoms. The fourth-order valence-corrected chi connectivity index (χ4v) is 5.42. The fourth-order valence-electron chi connectivity index (χ4n) is 3.06. The molecular weight excluding hydrogens is 414 g/mol. The Morgan fingerprint density at radius 2 is 2.14 bits per heavy atom. The minimum absolute atomic E-state index is 0.0813. The molecule has 0 aromatic carbocycles. The highest BCUT2D eigenvalue weighted by Gasteiger charge is 2.34. The monoisotopic (exact) mass is 433 g/mol. The molecule has 0 aliphatic carbocycles. The number of amides is 1. The minimum atomic E-state index is -0.243. The third kappa shape index (κ3) is 3.85. The van der Waals surface area contributed by atoms with Crippen LogP contribution in [0.2, 0.25) is 0 Å². The maximum Gasteiger partial charge on any atom is 0.343 e. The summed E-state index contributed by atoms with van der Waals surface area (Å²) in [4.78, 5) is 27.0. The van der Waals surface area contributed by atoms with Gasteiger partial charge in [-0.25, -0.2) is 14.9 Å². The van der Waals surface area contributed by atoms with Gasteiger partial charge in [-0.1, -0.05) is 30.8 Å². The molecular formula is C18H19N5O2S3. The van der Waals surface area contributed by atoms with Crippen LogP contribution in [-0.2, 0) is 11.3 Å². The first-order valence-corrected chi connectivity index (χ1v) is 11.7. The highest BCUT2D eigenvalue weighted by molar-refractivity contribution is 7.99. The van der Waals surface area contributed by atoms with Gasteiger partial charge >= 0.3 is 5.69 Å². The summed E-state index contributed by atoms with van der Waals surface area (Å²) in [6, 6.07) is 7.98. The molecule has 0 fully saturated rings. The fraction of sp³-hybridized carbons (Fsp3) is 0.333. The van der Waals surface area contributed by atoms with Crippen molar-refractivity contribution in [3.05, 3.63) is 55.3 Å². The van der Waals surface area contributed by atoms with Crippen molar-refractivity contribution >= 4 is 46.1 Å². The van der Waals surface area contributed by atoms with E-state index in [1.54, 1.807) is 32.2 Å². The van der Waals surface area contributed by atoms with E-state index >= 15 is 0 Å². The Bertz CT molecular complexity index is 1020. The van der Waals surface area contributed by atoms with Gasteiger partial charge in [0, 0.05) is 17.8 Å². The highest BCUT2D eigenvalue weighted by atomic mass is 32.2. The quantitative estimate of drug-likeness (QED) is 0.578. The summed E-state index contributed by atoms with van der Waals surface area (Å²) >= 11 is 4.53. The van der Waals surface area contributed by atoms with Gasteiger partial charge in [-0.15, -0.1) is 27.8 Å². The molecule has 1 unspecified atom stereocenters. The summed E-state index contributed by atoms with van der Waals surface area (Å²) in [5, 5.41) is 17.3. The molecule has 3 aromatic rings. The molecule has 3 aromatic heterocycles. The topological polar surface area (TPSA) is 83.3 Å². The van der Waals surface area contributed by atoms with Crippen molar-refractivity contribution < 1.29 is 4.79 Å². The van der Waals surface area contributed by atoms with Gasteiger partial charge in [0.05, 0.1) is 22.4 Å². The number of hydrogen-bond donors (Lipinski definition) is 1. The predicted molar refractivity (Wildman–Crippen MR) is 113 cm³/mol. The average Bonchev–Trinajstić information content (AvgIpc) is 3.47. The van der Waals surface area contributed by atoms with Crippen molar-refractivity contribution in [2.75, 3.05) is 5.75 Å². The lowest BCUT2D eigenvalue weighted by atomic mass is 10.1. The smallest absolute Gasteiger partial charge is 0.272 e. The zero-order chi connectivity index (χ0) is 19.5.